The summed E-state index contributed by atoms with van der Waals surface area (Å²) in [5.74, 6) is -0.573. The number of ether oxygens (including phenoxy) is 2. The Labute approximate surface area is 163 Å². The Hall–Kier alpha value is -2.62. The lowest BCUT2D eigenvalue weighted by molar-refractivity contribution is -0.180. The second kappa shape index (κ2) is 4.05. The van der Waals surface area contributed by atoms with Gasteiger partial charge in [0.05, 0.1) is 14.2 Å². The molecule has 0 aromatic heterocycles. The lowest BCUT2D eigenvalue weighted by atomic mass is 9.51. The fraction of sp³-hybridized carbons (Fsp3) is 0.417. The van der Waals surface area contributed by atoms with E-state index >= 15 is 0 Å². The second-order valence-corrected chi connectivity index (χ2v) is 8.97. The van der Waals surface area contributed by atoms with Crippen LogP contribution in [-0.2, 0) is 29.9 Å². The van der Waals surface area contributed by atoms with Crippen molar-refractivity contribution < 1.29 is 19.1 Å². The molecule has 2 aromatic carbocycles. The number of carbonyl (C=O) groups excluding carboxylic acids is 2. The third-order valence-electron chi connectivity index (χ3n) is 9.52. The van der Waals surface area contributed by atoms with Crippen molar-refractivity contribution in [1.82, 2.24) is 0 Å². The van der Waals surface area contributed by atoms with Gasteiger partial charge in [0, 0.05) is 21.7 Å². The van der Waals surface area contributed by atoms with Crippen LogP contribution in [0.4, 0.5) is 0 Å². The number of methoxy groups -OCH3 is 2. The summed E-state index contributed by atoms with van der Waals surface area (Å²) in [7, 11) is 2.84. The molecular weight excluding hydrogens is 352 g/mol. The van der Waals surface area contributed by atoms with Crippen LogP contribution in [0.3, 0.4) is 0 Å². The van der Waals surface area contributed by atoms with Gasteiger partial charge >= 0.3 is 11.9 Å². The van der Waals surface area contributed by atoms with Crippen molar-refractivity contribution in [3.8, 4) is 0 Å². The zero-order valence-electron chi connectivity index (χ0n) is 16.4. The molecular formula is C24H22O4. The molecule has 4 nitrogen and oxygen atoms in total. The highest BCUT2D eigenvalue weighted by molar-refractivity contribution is 6.17. The summed E-state index contributed by atoms with van der Waals surface area (Å²) in [4.78, 5) is 26.6. The van der Waals surface area contributed by atoms with Crippen LogP contribution < -0.4 is 0 Å². The van der Waals surface area contributed by atoms with Crippen LogP contribution in [0.2, 0.25) is 0 Å². The van der Waals surface area contributed by atoms with Gasteiger partial charge in [0.25, 0.3) is 0 Å². The number of hydrogen-bond donors (Lipinski definition) is 0. The number of benzene rings is 2. The minimum Gasteiger partial charge on any atom is -0.469 e. The highest BCUT2D eigenvalue weighted by Crippen LogP contribution is 3.31. The van der Waals surface area contributed by atoms with Crippen molar-refractivity contribution in [3.63, 3.8) is 0 Å². The zero-order chi connectivity index (χ0) is 19.8. The first-order valence-electron chi connectivity index (χ1n) is 9.70. The Morgan fingerprint density at radius 3 is 1.25 bits per heavy atom. The molecule has 142 valence electrons. The van der Waals surface area contributed by atoms with Gasteiger partial charge in [-0.15, -0.1) is 0 Å². The van der Waals surface area contributed by atoms with Crippen molar-refractivity contribution in [2.45, 2.75) is 24.7 Å². The molecule has 0 bridgehead atoms. The Bertz CT molecular complexity index is 993. The van der Waals surface area contributed by atoms with Crippen molar-refractivity contribution in [2.24, 2.45) is 21.7 Å². The highest BCUT2D eigenvalue weighted by Gasteiger charge is 3.39. The van der Waals surface area contributed by atoms with Crippen LogP contribution in [0.25, 0.3) is 0 Å². The van der Waals surface area contributed by atoms with Gasteiger partial charge in [-0.2, -0.15) is 0 Å². The molecule has 0 N–H and O–H groups in total. The van der Waals surface area contributed by atoms with E-state index in [2.05, 4.69) is 38.1 Å². The Morgan fingerprint density at radius 2 is 0.964 bits per heavy atom. The number of carbonyl (C=O) groups is 2. The van der Waals surface area contributed by atoms with E-state index < -0.39 is 21.7 Å². The lowest BCUT2D eigenvalue weighted by Crippen LogP contribution is -2.59. The van der Waals surface area contributed by atoms with E-state index in [-0.39, 0.29) is 22.8 Å². The SMILES string of the molecule is COC(=O)C12C3(C)C4(C)C1(C(=O)OC)C4(c1ccccc1)C32c1ccccc1. The fourth-order valence-corrected chi connectivity index (χ4v) is 9.52. The van der Waals surface area contributed by atoms with Crippen molar-refractivity contribution in [2.75, 3.05) is 14.2 Å². The number of rotatable bonds is 4. The molecule has 5 aliphatic carbocycles. The van der Waals surface area contributed by atoms with E-state index in [1.807, 2.05) is 36.4 Å². The van der Waals surface area contributed by atoms with E-state index in [4.69, 9.17) is 9.47 Å². The second-order valence-electron chi connectivity index (χ2n) is 8.97. The first-order valence-corrected chi connectivity index (χ1v) is 9.70. The third-order valence-corrected chi connectivity index (χ3v) is 9.52. The van der Waals surface area contributed by atoms with Crippen molar-refractivity contribution in [3.05, 3.63) is 71.8 Å². The number of esters is 2. The van der Waals surface area contributed by atoms with Crippen LogP contribution in [0.5, 0.6) is 0 Å². The van der Waals surface area contributed by atoms with Crippen LogP contribution in [-0.4, -0.2) is 26.2 Å². The first kappa shape index (κ1) is 16.3. The molecule has 7 rings (SSSR count). The highest BCUT2D eigenvalue weighted by atomic mass is 16.5. The molecule has 0 heterocycles. The minimum atomic E-state index is -0.860. The average Bonchev–Trinajstić information content (AvgIpc) is 3.28. The standard InChI is InChI=1S/C24H22O4/c1-19-20(2)22(16-13-9-6-10-14-16)21(19,15-11-7-5-8-12-15)23(19,17(25)27-3)24(20,22)18(26)28-4/h5-14H,1-4H3. The quantitative estimate of drug-likeness (QED) is 0.771. The first-order chi connectivity index (χ1) is 13.4. The molecule has 0 aliphatic heterocycles. The van der Waals surface area contributed by atoms with E-state index in [0.717, 1.165) is 11.1 Å². The topological polar surface area (TPSA) is 52.6 Å². The maximum atomic E-state index is 13.3. The smallest absolute Gasteiger partial charge is 0.314 e. The zero-order valence-corrected chi connectivity index (χ0v) is 16.4. The molecule has 0 radical (unpaired) electrons. The molecule has 0 spiro atoms. The molecule has 5 saturated carbocycles. The predicted molar refractivity (Wildman–Crippen MR) is 101 cm³/mol. The van der Waals surface area contributed by atoms with Crippen LogP contribution in [0.15, 0.2) is 60.7 Å². The lowest BCUT2D eigenvalue weighted by Gasteiger charge is -2.48. The molecule has 2 aromatic rings. The van der Waals surface area contributed by atoms with Crippen LogP contribution >= 0.6 is 0 Å². The van der Waals surface area contributed by atoms with Crippen LogP contribution in [0, 0.1) is 21.7 Å². The van der Waals surface area contributed by atoms with Gasteiger partial charge in [-0.25, -0.2) is 0 Å². The number of hydrogen-bond acceptors (Lipinski definition) is 4. The van der Waals surface area contributed by atoms with Gasteiger partial charge in [0.15, 0.2) is 0 Å². The average molecular weight is 374 g/mol. The van der Waals surface area contributed by atoms with E-state index in [1.54, 1.807) is 0 Å². The van der Waals surface area contributed by atoms with Gasteiger partial charge < -0.3 is 9.47 Å². The van der Waals surface area contributed by atoms with E-state index in [9.17, 15) is 9.59 Å². The molecule has 4 heteroatoms. The van der Waals surface area contributed by atoms with Crippen molar-refractivity contribution in [1.29, 1.82) is 0 Å². The van der Waals surface area contributed by atoms with E-state index in [0.29, 0.717) is 0 Å². The van der Waals surface area contributed by atoms with Crippen molar-refractivity contribution >= 4 is 11.9 Å². The van der Waals surface area contributed by atoms with Gasteiger partial charge in [-0.3, -0.25) is 9.59 Å². The normalized spacial score (nSPS) is 47.7. The van der Waals surface area contributed by atoms with Gasteiger partial charge in [0.2, 0.25) is 0 Å². The summed E-state index contributed by atoms with van der Waals surface area (Å²) in [5.41, 5.74) is -1.03. The molecule has 0 saturated heterocycles. The summed E-state index contributed by atoms with van der Waals surface area (Å²) in [6, 6.07) is 20.3. The summed E-state index contributed by atoms with van der Waals surface area (Å²) >= 11 is 0. The molecule has 28 heavy (non-hydrogen) atoms. The monoisotopic (exact) mass is 374 g/mol. The van der Waals surface area contributed by atoms with Crippen LogP contribution in [0.1, 0.15) is 25.0 Å². The summed E-state index contributed by atoms with van der Waals surface area (Å²) in [5, 5.41) is 0. The Balaban J connectivity index is 1.71. The predicted octanol–water partition coefficient (Wildman–Crippen LogP) is 3.25. The summed E-state index contributed by atoms with van der Waals surface area (Å²) < 4.78 is 10.6. The molecule has 6 atom stereocenters. The van der Waals surface area contributed by atoms with E-state index in [1.165, 1.54) is 14.2 Å². The Kier molecular flexibility index (Phi) is 2.36. The maximum Gasteiger partial charge on any atom is 0.314 e. The molecule has 5 fully saturated rings. The molecule has 6 unspecified atom stereocenters. The molecule has 5 aliphatic rings. The minimum absolute atomic E-state index is 0.286. The largest absolute Gasteiger partial charge is 0.469 e. The summed E-state index contributed by atoms with van der Waals surface area (Å²) in [6.45, 7) is 4.32. The molecule has 0 amide bonds. The fourth-order valence-electron chi connectivity index (χ4n) is 9.52. The Morgan fingerprint density at radius 1 is 0.643 bits per heavy atom. The third kappa shape index (κ3) is 0.836. The van der Waals surface area contributed by atoms with Gasteiger partial charge in [0.1, 0.15) is 10.8 Å². The maximum absolute atomic E-state index is 13.3. The van der Waals surface area contributed by atoms with Gasteiger partial charge in [-0.05, 0) is 11.1 Å². The van der Waals surface area contributed by atoms with Gasteiger partial charge in [-0.1, -0.05) is 74.5 Å². The summed E-state index contributed by atoms with van der Waals surface area (Å²) in [6.07, 6.45) is 0.